The quantitative estimate of drug-likeness (QED) is 0.536. The molecule has 1 atom stereocenters. The minimum atomic E-state index is -0.711. The molecule has 150 valence electrons. The summed E-state index contributed by atoms with van der Waals surface area (Å²) in [5.41, 5.74) is 11.5. The number of hydrogen-bond donors (Lipinski definition) is 4. The molecule has 1 aliphatic rings. The van der Waals surface area contributed by atoms with Gasteiger partial charge in [-0.3, -0.25) is 14.3 Å². The zero-order chi connectivity index (χ0) is 20.5. The van der Waals surface area contributed by atoms with Crippen molar-refractivity contribution in [3.05, 3.63) is 24.3 Å². The number of hydrogen-bond acceptors (Lipinski definition) is 7. The highest BCUT2D eigenvalue weighted by atomic mass is 16.1. The number of carbonyl (C=O) groups excluding carboxylic acids is 2. The number of anilines is 3. The molecule has 1 saturated carbocycles. The highest BCUT2D eigenvalue weighted by molar-refractivity contribution is 5.96. The van der Waals surface area contributed by atoms with Gasteiger partial charge < -0.3 is 22.1 Å². The van der Waals surface area contributed by atoms with Gasteiger partial charge in [-0.05, 0) is 24.7 Å². The van der Waals surface area contributed by atoms with Gasteiger partial charge in [0.05, 0.1) is 24.1 Å². The number of rotatable bonds is 8. The van der Waals surface area contributed by atoms with Crippen molar-refractivity contribution < 1.29 is 9.59 Å². The monoisotopic (exact) mass is 386 g/mol. The second kappa shape index (κ2) is 7.45. The Morgan fingerprint density at radius 1 is 1.29 bits per heavy atom. The van der Waals surface area contributed by atoms with Gasteiger partial charge in [-0.25, -0.2) is 9.97 Å². The van der Waals surface area contributed by atoms with Gasteiger partial charge in [-0.2, -0.15) is 5.10 Å². The molecule has 28 heavy (non-hydrogen) atoms. The Balaban J connectivity index is 1.83. The Kier molecular flexibility index (Phi) is 5.21. The molecule has 0 bridgehead atoms. The molecule has 2 heterocycles. The molecule has 3 rings (SSSR count). The van der Waals surface area contributed by atoms with E-state index >= 15 is 0 Å². The maximum Gasteiger partial charge on any atom is 0.271 e. The molecule has 2 aromatic heterocycles. The van der Waals surface area contributed by atoms with Gasteiger partial charge in [0.15, 0.2) is 11.5 Å². The Morgan fingerprint density at radius 3 is 2.57 bits per heavy atom. The van der Waals surface area contributed by atoms with Crippen molar-refractivity contribution in [2.75, 3.05) is 10.6 Å². The third-order valence-corrected chi connectivity index (χ3v) is 4.27. The molecule has 0 aromatic carbocycles. The fraction of sp³-hybridized carbons (Fsp3) is 0.500. The lowest BCUT2D eigenvalue weighted by molar-refractivity contribution is -0.119. The topological polar surface area (TPSA) is 154 Å². The van der Waals surface area contributed by atoms with E-state index in [1.54, 1.807) is 6.20 Å². The van der Waals surface area contributed by atoms with Gasteiger partial charge in [0.1, 0.15) is 11.9 Å². The largest absolute Gasteiger partial charge is 0.368 e. The predicted molar refractivity (Wildman–Crippen MR) is 105 cm³/mol. The van der Waals surface area contributed by atoms with E-state index in [2.05, 4.69) is 25.7 Å². The van der Waals surface area contributed by atoms with Crippen LogP contribution in [0.2, 0.25) is 0 Å². The fourth-order valence-corrected chi connectivity index (χ4v) is 2.82. The SMILES string of the molecule is CC(C)(C)CC(Nc1cnc(C(N)=O)c(Nc2cnn(C3CC3)c2)n1)C(N)=O. The van der Waals surface area contributed by atoms with Gasteiger partial charge >= 0.3 is 0 Å². The van der Waals surface area contributed by atoms with Crippen molar-refractivity contribution >= 4 is 29.1 Å². The van der Waals surface area contributed by atoms with Gasteiger partial charge in [-0.15, -0.1) is 0 Å². The molecule has 1 fully saturated rings. The Labute approximate surface area is 163 Å². The third kappa shape index (κ3) is 4.96. The molecule has 6 N–H and O–H groups in total. The standard InChI is InChI=1S/C18H26N8O2/c1-18(2,3)6-12(15(19)27)24-13-8-21-14(16(20)28)17(25-13)23-10-7-22-26(9-10)11-4-5-11/h7-9,11-12H,4-6H2,1-3H3,(H2,19,27)(H2,20,28)(H2,23,24,25). The van der Waals surface area contributed by atoms with E-state index in [1.807, 2.05) is 31.6 Å². The van der Waals surface area contributed by atoms with Crippen molar-refractivity contribution in [2.24, 2.45) is 16.9 Å². The van der Waals surface area contributed by atoms with Gasteiger partial charge in [0.2, 0.25) is 5.91 Å². The summed E-state index contributed by atoms with van der Waals surface area (Å²) in [4.78, 5) is 32.0. The minimum Gasteiger partial charge on any atom is -0.368 e. The van der Waals surface area contributed by atoms with E-state index in [0.29, 0.717) is 24.0 Å². The molecular formula is C18H26N8O2. The van der Waals surface area contributed by atoms with Crippen LogP contribution in [0.1, 0.15) is 56.6 Å². The molecule has 2 aromatic rings. The van der Waals surface area contributed by atoms with E-state index in [1.165, 1.54) is 6.20 Å². The minimum absolute atomic E-state index is 0.00355. The zero-order valence-corrected chi connectivity index (χ0v) is 16.3. The molecule has 10 heteroatoms. The summed E-state index contributed by atoms with van der Waals surface area (Å²) in [6.45, 7) is 6.03. The number of nitrogens with one attached hydrogen (secondary N) is 2. The Hall–Kier alpha value is -3.17. The predicted octanol–water partition coefficient (Wildman–Crippen LogP) is 1.55. The molecule has 2 amide bonds. The van der Waals surface area contributed by atoms with Gasteiger partial charge in [0, 0.05) is 6.20 Å². The lowest BCUT2D eigenvalue weighted by Gasteiger charge is -2.25. The van der Waals surface area contributed by atoms with Gasteiger partial charge in [-0.1, -0.05) is 20.8 Å². The first-order valence-corrected chi connectivity index (χ1v) is 9.16. The van der Waals surface area contributed by atoms with Crippen LogP contribution in [0.15, 0.2) is 18.6 Å². The lowest BCUT2D eigenvalue weighted by Crippen LogP contribution is -2.38. The maximum atomic E-state index is 11.8. The van der Waals surface area contributed by atoms with Crippen molar-refractivity contribution in [1.29, 1.82) is 0 Å². The van der Waals surface area contributed by atoms with Crippen molar-refractivity contribution in [2.45, 2.75) is 52.1 Å². The summed E-state index contributed by atoms with van der Waals surface area (Å²) in [5.74, 6) is -0.699. The third-order valence-electron chi connectivity index (χ3n) is 4.27. The summed E-state index contributed by atoms with van der Waals surface area (Å²) in [6.07, 6.45) is 7.58. The second-order valence-corrected chi connectivity index (χ2v) is 8.25. The van der Waals surface area contributed by atoms with Crippen LogP contribution in [0.5, 0.6) is 0 Å². The first kappa shape index (κ1) is 19.6. The summed E-state index contributed by atoms with van der Waals surface area (Å²) in [5, 5.41) is 10.3. The number of nitrogens with two attached hydrogens (primary N) is 2. The normalized spacial score (nSPS) is 15.1. The highest BCUT2D eigenvalue weighted by Gasteiger charge is 2.25. The number of aromatic nitrogens is 4. The fourth-order valence-electron chi connectivity index (χ4n) is 2.82. The van der Waals surface area contributed by atoms with Crippen LogP contribution in [-0.2, 0) is 4.79 Å². The molecule has 10 nitrogen and oxygen atoms in total. The Morgan fingerprint density at radius 2 is 2.00 bits per heavy atom. The van der Waals surface area contributed by atoms with Crippen molar-refractivity contribution in [3.63, 3.8) is 0 Å². The lowest BCUT2D eigenvalue weighted by atomic mass is 9.88. The van der Waals surface area contributed by atoms with E-state index in [9.17, 15) is 9.59 Å². The molecule has 0 saturated heterocycles. The molecule has 0 spiro atoms. The number of primary amides is 2. The highest BCUT2D eigenvalue weighted by Crippen LogP contribution is 2.35. The van der Waals surface area contributed by atoms with E-state index < -0.39 is 17.9 Å². The molecule has 1 aliphatic carbocycles. The molecule has 1 unspecified atom stereocenters. The number of amides is 2. The van der Waals surface area contributed by atoms with Crippen LogP contribution in [0.3, 0.4) is 0 Å². The summed E-state index contributed by atoms with van der Waals surface area (Å²) in [6, 6.07) is -0.196. The average molecular weight is 386 g/mol. The summed E-state index contributed by atoms with van der Waals surface area (Å²) in [7, 11) is 0. The maximum absolute atomic E-state index is 11.8. The van der Waals surface area contributed by atoms with Crippen LogP contribution < -0.4 is 22.1 Å². The first-order valence-electron chi connectivity index (χ1n) is 9.16. The summed E-state index contributed by atoms with van der Waals surface area (Å²) < 4.78 is 1.87. The van der Waals surface area contributed by atoms with Crippen molar-refractivity contribution in [3.8, 4) is 0 Å². The number of carbonyl (C=O) groups is 2. The Bertz CT molecular complexity index is 882. The second-order valence-electron chi connectivity index (χ2n) is 8.25. The van der Waals surface area contributed by atoms with E-state index in [-0.39, 0.29) is 16.9 Å². The van der Waals surface area contributed by atoms with Crippen LogP contribution in [0, 0.1) is 5.41 Å². The first-order chi connectivity index (χ1) is 13.1. The van der Waals surface area contributed by atoms with Crippen LogP contribution in [0.25, 0.3) is 0 Å². The molecule has 0 radical (unpaired) electrons. The molecule has 0 aliphatic heterocycles. The van der Waals surface area contributed by atoms with Crippen LogP contribution in [-0.4, -0.2) is 37.6 Å². The zero-order valence-electron chi connectivity index (χ0n) is 16.3. The average Bonchev–Trinajstić information content (AvgIpc) is 3.33. The van der Waals surface area contributed by atoms with Crippen molar-refractivity contribution in [1.82, 2.24) is 19.7 Å². The van der Waals surface area contributed by atoms with Crippen LogP contribution in [0.4, 0.5) is 17.3 Å². The smallest absolute Gasteiger partial charge is 0.271 e. The summed E-state index contributed by atoms with van der Waals surface area (Å²) >= 11 is 0. The van der Waals surface area contributed by atoms with E-state index in [4.69, 9.17) is 11.5 Å². The van der Waals surface area contributed by atoms with E-state index in [0.717, 1.165) is 12.8 Å². The number of nitrogens with zero attached hydrogens (tertiary/aromatic N) is 4. The van der Waals surface area contributed by atoms with Gasteiger partial charge in [0.25, 0.3) is 5.91 Å². The molecular weight excluding hydrogens is 360 g/mol. The van der Waals surface area contributed by atoms with Crippen LogP contribution >= 0.6 is 0 Å².